The van der Waals surface area contributed by atoms with Crippen LogP contribution in [0.4, 0.5) is 5.69 Å². The highest BCUT2D eigenvalue weighted by molar-refractivity contribution is 9.10. The van der Waals surface area contributed by atoms with E-state index in [1.807, 2.05) is 24.4 Å². The predicted octanol–water partition coefficient (Wildman–Crippen LogP) is 4.08. The second-order valence-electron chi connectivity index (χ2n) is 4.77. The van der Waals surface area contributed by atoms with Crippen molar-refractivity contribution in [3.63, 3.8) is 0 Å². The molecule has 3 rings (SSSR count). The lowest BCUT2D eigenvalue weighted by molar-refractivity contribution is 0.185. The van der Waals surface area contributed by atoms with Gasteiger partial charge in [-0.25, -0.2) is 4.98 Å². The van der Waals surface area contributed by atoms with Gasteiger partial charge in [0.2, 0.25) is 0 Å². The lowest BCUT2D eigenvalue weighted by atomic mass is 10.1. The zero-order chi connectivity index (χ0) is 14.7. The van der Waals surface area contributed by atoms with Crippen LogP contribution in [0.2, 0.25) is 0 Å². The van der Waals surface area contributed by atoms with E-state index < -0.39 is 0 Å². The second-order valence-corrected chi connectivity index (χ2v) is 5.62. The van der Waals surface area contributed by atoms with Crippen LogP contribution in [0.25, 0.3) is 11.0 Å². The molecule has 0 radical (unpaired) electrons. The quantitative estimate of drug-likeness (QED) is 0.732. The SMILES string of the molecule is COCc1c(Br)cccc1NCc1c[nH]c2ncccc12. The predicted molar refractivity (Wildman–Crippen MR) is 88.3 cm³/mol. The highest BCUT2D eigenvalue weighted by Crippen LogP contribution is 2.26. The Morgan fingerprint density at radius 3 is 3.05 bits per heavy atom. The van der Waals surface area contributed by atoms with Gasteiger partial charge in [-0.15, -0.1) is 0 Å². The Bertz CT molecular complexity index is 754. The first-order chi connectivity index (χ1) is 10.3. The maximum absolute atomic E-state index is 5.27. The van der Waals surface area contributed by atoms with Crippen molar-refractivity contribution in [2.24, 2.45) is 0 Å². The molecule has 0 aliphatic carbocycles. The molecule has 2 heterocycles. The molecule has 0 saturated heterocycles. The summed E-state index contributed by atoms with van der Waals surface area (Å²) in [5, 5.41) is 4.62. The maximum Gasteiger partial charge on any atom is 0.137 e. The molecule has 3 aromatic rings. The van der Waals surface area contributed by atoms with Crippen LogP contribution in [0.1, 0.15) is 11.1 Å². The Balaban J connectivity index is 1.83. The molecule has 0 spiro atoms. The molecule has 4 nitrogen and oxygen atoms in total. The van der Waals surface area contributed by atoms with Crippen LogP contribution in [0.3, 0.4) is 0 Å². The highest BCUT2D eigenvalue weighted by atomic mass is 79.9. The van der Waals surface area contributed by atoms with Gasteiger partial charge in [0.15, 0.2) is 0 Å². The van der Waals surface area contributed by atoms with E-state index in [-0.39, 0.29) is 0 Å². The number of nitrogens with zero attached hydrogens (tertiary/aromatic N) is 1. The molecule has 0 aliphatic heterocycles. The summed E-state index contributed by atoms with van der Waals surface area (Å²) in [6.45, 7) is 1.30. The van der Waals surface area contributed by atoms with Crippen LogP contribution in [-0.2, 0) is 17.9 Å². The number of H-pyrrole nitrogens is 1. The van der Waals surface area contributed by atoms with Gasteiger partial charge in [-0.1, -0.05) is 22.0 Å². The van der Waals surface area contributed by atoms with E-state index in [1.165, 1.54) is 5.56 Å². The number of ether oxygens (including phenoxy) is 1. The minimum absolute atomic E-state index is 0.569. The summed E-state index contributed by atoms with van der Waals surface area (Å²) >= 11 is 3.57. The van der Waals surface area contributed by atoms with Crippen molar-refractivity contribution in [1.29, 1.82) is 0 Å². The van der Waals surface area contributed by atoms with E-state index >= 15 is 0 Å². The van der Waals surface area contributed by atoms with Crippen molar-refractivity contribution in [1.82, 2.24) is 9.97 Å². The molecule has 2 aromatic heterocycles. The van der Waals surface area contributed by atoms with Crippen LogP contribution in [0.15, 0.2) is 47.2 Å². The molecular formula is C16H16BrN3O. The topological polar surface area (TPSA) is 49.9 Å². The molecule has 0 fully saturated rings. The molecule has 0 bridgehead atoms. The van der Waals surface area contributed by atoms with Crippen molar-refractivity contribution in [3.05, 3.63) is 58.3 Å². The zero-order valence-corrected chi connectivity index (χ0v) is 13.3. The minimum atomic E-state index is 0.569. The van der Waals surface area contributed by atoms with Crippen LogP contribution in [-0.4, -0.2) is 17.1 Å². The summed E-state index contributed by atoms with van der Waals surface area (Å²) in [5.41, 5.74) is 4.31. The minimum Gasteiger partial charge on any atom is -0.381 e. The van der Waals surface area contributed by atoms with Gasteiger partial charge >= 0.3 is 0 Å². The number of nitrogens with one attached hydrogen (secondary N) is 2. The number of methoxy groups -OCH3 is 1. The Hall–Kier alpha value is -1.85. The first-order valence-electron chi connectivity index (χ1n) is 6.71. The van der Waals surface area contributed by atoms with Gasteiger partial charge in [0.25, 0.3) is 0 Å². The molecule has 1 aromatic carbocycles. The highest BCUT2D eigenvalue weighted by Gasteiger charge is 2.08. The van der Waals surface area contributed by atoms with Gasteiger partial charge in [0.1, 0.15) is 5.65 Å². The number of fused-ring (bicyclic) bond motifs is 1. The van der Waals surface area contributed by atoms with Crippen molar-refractivity contribution in [2.75, 3.05) is 12.4 Å². The molecule has 0 aliphatic rings. The van der Waals surface area contributed by atoms with E-state index in [4.69, 9.17) is 4.74 Å². The summed E-state index contributed by atoms with van der Waals surface area (Å²) in [6.07, 6.45) is 3.79. The fraction of sp³-hybridized carbons (Fsp3) is 0.188. The summed E-state index contributed by atoms with van der Waals surface area (Å²) in [7, 11) is 1.70. The van der Waals surface area contributed by atoms with Crippen LogP contribution in [0, 0.1) is 0 Å². The monoisotopic (exact) mass is 345 g/mol. The Morgan fingerprint density at radius 2 is 2.19 bits per heavy atom. The van der Waals surface area contributed by atoms with Crippen molar-refractivity contribution in [3.8, 4) is 0 Å². The van der Waals surface area contributed by atoms with Crippen LogP contribution in [0.5, 0.6) is 0 Å². The first kappa shape index (κ1) is 14.1. The lowest BCUT2D eigenvalue weighted by Gasteiger charge is -2.13. The third kappa shape index (κ3) is 2.94. The van der Waals surface area contributed by atoms with E-state index in [0.29, 0.717) is 6.61 Å². The smallest absolute Gasteiger partial charge is 0.137 e. The molecule has 0 atom stereocenters. The van der Waals surface area contributed by atoms with Crippen molar-refractivity contribution < 1.29 is 4.74 Å². The number of aromatic amines is 1. The van der Waals surface area contributed by atoms with Crippen molar-refractivity contribution >= 4 is 32.7 Å². The normalized spacial score (nSPS) is 11.0. The Kier molecular flexibility index (Phi) is 4.22. The van der Waals surface area contributed by atoms with E-state index in [2.05, 4.69) is 43.3 Å². The number of hydrogen-bond acceptors (Lipinski definition) is 3. The van der Waals surface area contributed by atoms with E-state index in [1.54, 1.807) is 13.3 Å². The molecule has 0 amide bonds. The lowest BCUT2D eigenvalue weighted by Crippen LogP contribution is -2.03. The molecule has 2 N–H and O–H groups in total. The molecule has 108 valence electrons. The van der Waals surface area contributed by atoms with E-state index in [0.717, 1.165) is 33.3 Å². The summed E-state index contributed by atoms with van der Waals surface area (Å²) in [4.78, 5) is 7.50. The van der Waals surface area contributed by atoms with Gasteiger partial charge in [-0.3, -0.25) is 0 Å². The molecular weight excluding hydrogens is 330 g/mol. The number of hydrogen-bond donors (Lipinski definition) is 2. The number of anilines is 1. The maximum atomic E-state index is 5.27. The number of halogens is 1. The summed E-state index contributed by atoms with van der Waals surface area (Å²) < 4.78 is 6.32. The standard InChI is InChI=1S/C16H16BrN3O/c1-21-10-13-14(17)5-2-6-15(13)19-8-11-9-20-16-12(11)4-3-7-18-16/h2-7,9,19H,8,10H2,1H3,(H,18,20). The van der Waals surface area contributed by atoms with Crippen LogP contribution < -0.4 is 5.32 Å². The Labute approximate surface area is 131 Å². The van der Waals surface area contributed by atoms with Gasteiger partial charge in [0.05, 0.1) is 6.61 Å². The molecule has 0 unspecified atom stereocenters. The largest absolute Gasteiger partial charge is 0.381 e. The number of pyridine rings is 1. The average molecular weight is 346 g/mol. The third-order valence-electron chi connectivity index (χ3n) is 3.41. The summed E-state index contributed by atoms with van der Waals surface area (Å²) in [5.74, 6) is 0. The fourth-order valence-corrected chi connectivity index (χ4v) is 2.85. The van der Waals surface area contributed by atoms with Crippen LogP contribution >= 0.6 is 15.9 Å². The number of benzene rings is 1. The third-order valence-corrected chi connectivity index (χ3v) is 4.16. The second kappa shape index (κ2) is 6.28. The molecule has 5 heteroatoms. The molecule has 21 heavy (non-hydrogen) atoms. The number of aromatic nitrogens is 2. The Morgan fingerprint density at radius 1 is 1.29 bits per heavy atom. The molecule has 0 saturated carbocycles. The number of rotatable bonds is 5. The zero-order valence-electron chi connectivity index (χ0n) is 11.7. The van der Waals surface area contributed by atoms with Crippen molar-refractivity contribution in [2.45, 2.75) is 13.2 Å². The average Bonchev–Trinajstić information content (AvgIpc) is 2.91. The van der Waals surface area contributed by atoms with Gasteiger partial charge < -0.3 is 15.0 Å². The first-order valence-corrected chi connectivity index (χ1v) is 7.50. The van der Waals surface area contributed by atoms with E-state index in [9.17, 15) is 0 Å². The van der Waals surface area contributed by atoms with Gasteiger partial charge in [-0.05, 0) is 29.8 Å². The fourth-order valence-electron chi connectivity index (χ4n) is 2.36. The van der Waals surface area contributed by atoms with Gasteiger partial charge in [-0.2, -0.15) is 0 Å². The summed E-state index contributed by atoms with van der Waals surface area (Å²) in [6, 6.07) is 10.1. The van der Waals surface area contributed by atoms with Gasteiger partial charge in [0, 0.05) is 47.2 Å².